The van der Waals surface area contributed by atoms with Gasteiger partial charge in [0.05, 0.1) is 16.5 Å². The molecule has 0 atom stereocenters. The SMILES string of the molecule is O=C(c1cscn1)N1CC(N2CCN(C(=O)c3cc4nc(C(F)(F)F)ccc4[nH]3)CC2)C1. The first-order chi connectivity index (χ1) is 15.3. The number of alkyl halides is 3. The van der Waals surface area contributed by atoms with Crippen LogP contribution in [0.5, 0.6) is 0 Å². The van der Waals surface area contributed by atoms with Crippen LogP contribution in [0.2, 0.25) is 0 Å². The summed E-state index contributed by atoms with van der Waals surface area (Å²) >= 11 is 1.39. The van der Waals surface area contributed by atoms with Crippen LogP contribution in [0.3, 0.4) is 0 Å². The molecule has 5 rings (SSSR count). The summed E-state index contributed by atoms with van der Waals surface area (Å²) in [6.07, 6.45) is -4.53. The van der Waals surface area contributed by atoms with Crippen molar-refractivity contribution in [2.45, 2.75) is 12.2 Å². The number of pyridine rings is 1. The standard InChI is InChI=1S/C20H19F3N6O2S/c21-20(22,23)17-2-1-13-14(26-17)7-15(25-13)18(30)28-5-3-27(4-6-28)12-8-29(9-12)19(31)16-10-32-11-24-16/h1-2,7,10-12,25H,3-6,8-9H2. The first kappa shape index (κ1) is 20.9. The second-order valence-corrected chi connectivity index (χ2v) is 8.59. The summed E-state index contributed by atoms with van der Waals surface area (Å²) in [6.45, 7) is 3.63. The first-order valence-corrected chi connectivity index (χ1v) is 11.0. The third-order valence-corrected chi connectivity index (χ3v) is 6.50. The Morgan fingerprint density at radius 2 is 1.81 bits per heavy atom. The van der Waals surface area contributed by atoms with E-state index in [-0.39, 0.29) is 29.1 Å². The minimum Gasteiger partial charge on any atom is -0.349 e. The summed E-state index contributed by atoms with van der Waals surface area (Å²) in [5.41, 5.74) is 1.85. The van der Waals surface area contributed by atoms with Crippen molar-refractivity contribution in [3.8, 4) is 0 Å². The van der Waals surface area contributed by atoms with E-state index in [0.29, 0.717) is 50.5 Å². The highest BCUT2D eigenvalue weighted by Crippen LogP contribution is 2.29. The lowest BCUT2D eigenvalue weighted by molar-refractivity contribution is -0.140. The number of thiazole rings is 1. The van der Waals surface area contributed by atoms with Gasteiger partial charge in [-0.25, -0.2) is 9.97 Å². The van der Waals surface area contributed by atoms with Gasteiger partial charge >= 0.3 is 6.18 Å². The van der Waals surface area contributed by atoms with Crippen LogP contribution in [0.15, 0.2) is 29.1 Å². The number of aromatic nitrogens is 3. The van der Waals surface area contributed by atoms with Crippen LogP contribution in [0.25, 0.3) is 11.0 Å². The van der Waals surface area contributed by atoms with Crippen molar-refractivity contribution < 1.29 is 22.8 Å². The molecule has 1 N–H and O–H groups in total. The normalized spacial score (nSPS) is 18.2. The van der Waals surface area contributed by atoms with Crippen LogP contribution in [-0.2, 0) is 6.18 Å². The predicted molar refractivity (Wildman–Crippen MR) is 110 cm³/mol. The molecule has 3 aromatic heterocycles. The number of carbonyl (C=O) groups is 2. The Kier molecular flexibility index (Phi) is 5.13. The van der Waals surface area contributed by atoms with E-state index in [1.165, 1.54) is 23.5 Å². The highest BCUT2D eigenvalue weighted by molar-refractivity contribution is 7.07. The lowest BCUT2D eigenvalue weighted by atomic mass is 10.1. The largest absolute Gasteiger partial charge is 0.433 e. The monoisotopic (exact) mass is 464 g/mol. The minimum atomic E-state index is -4.53. The van der Waals surface area contributed by atoms with Gasteiger partial charge in [-0.2, -0.15) is 13.2 Å². The quantitative estimate of drug-likeness (QED) is 0.643. The molecule has 0 radical (unpaired) electrons. The van der Waals surface area contributed by atoms with Gasteiger partial charge in [-0.05, 0) is 18.2 Å². The third-order valence-electron chi connectivity index (χ3n) is 5.91. The fourth-order valence-electron chi connectivity index (χ4n) is 4.07. The molecule has 0 spiro atoms. The van der Waals surface area contributed by atoms with Crippen LogP contribution >= 0.6 is 11.3 Å². The molecule has 8 nitrogen and oxygen atoms in total. The van der Waals surface area contributed by atoms with Crippen molar-refractivity contribution >= 4 is 34.2 Å². The zero-order valence-electron chi connectivity index (χ0n) is 16.8. The molecule has 2 aliphatic heterocycles. The van der Waals surface area contributed by atoms with Crippen LogP contribution in [0.1, 0.15) is 26.7 Å². The molecule has 0 aromatic carbocycles. The Bertz CT molecular complexity index is 1150. The number of amides is 2. The van der Waals surface area contributed by atoms with Crippen LogP contribution < -0.4 is 0 Å². The van der Waals surface area contributed by atoms with E-state index < -0.39 is 11.9 Å². The number of rotatable bonds is 3. The molecular weight excluding hydrogens is 445 g/mol. The van der Waals surface area contributed by atoms with Crippen molar-refractivity contribution in [3.63, 3.8) is 0 Å². The molecular formula is C20H19F3N6O2S. The molecule has 0 bridgehead atoms. The molecule has 0 aliphatic carbocycles. The van der Waals surface area contributed by atoms with Gasteiger partial charge in [-0.15, -0.1) is 11.3 Å². The molecule has 2 amide bonds. The van der Waals surface area contributed by atoms with E-state index in [1.807, 2.05) is 0 Å². The molecule has 0 saturated carbocycles. The molecule has 0 unspecified atom stereocenters. The molecule has 168 valence electrons. The topological polar surface area (TPSA) is 85.4 Å². The van der Waals surface area contributed by atoms with Crippen molar-refractivity contribution in [1.29, 1.82) is 0 Å². The van der Waals surface area contributed by atoms with Crippen molar-refractivity contribution in [3.05, 3.63) is 46.2 Å². The van der Waals surface area contributed by atoms with Gasteiger partial charge in [-0.3, -0.25) is 14.5 Å². The van der Waals surface area contributed by atoms with Gasteiger partial charge in [0.15, 0.2) is 0 Å². The van der Waals surface area contributed by atoms with Gasteiger partial charge < -0.3 is 14.8 Å². The van der Waals surface area contributed by atoms with Gasteiger partial charge in [-0.1, -0.05) is 0 Å². The number of piperazine rings is 1. The van der Waals surface area contributed by atoms with Gasteiger partial charge in [0.2, 0.25) is 0 Å². The van der Waals surface area contributed by atoms with E-state index in [0.717, 1.165) is 6.07 Å². The maximum absolute atomic E-state index is 12.9. The van der Waals surface area contributed by atoms with Crippen LogP contribution in [0.4, 0.5) is 13.2 Å². The number of hydrogen-bond acceptors (Lipinski definition) is 6. The lowest BCUT2D eigenvalue weighted by Crippen LogP contribution is -2.64. The molecule has 2 fully saturated rings. The van der Waals surface area contributed by atoms with Crippen molar-refractivity contribution in [2.24, 2.45) is 0 Å². The summed E-state index contributed by atoms with van der Waals surface area (Å²) in [5.74, 6) is -0.317. The summed E-state index contributed by atoms with van der Waals surface area (Å²) in [6, 6.07) is 3.81. The van der Waals surface area contributed by atoms with E-state index in [4.69, 9.17) is 0 Å². The number of aromatic amines is 1. The van der Waals surface area contributed by atoms with Crippen LogP contribution in [0, 0.1) is 0 Å². The number of fused-ring (bicyclic) bond motifs is 1. The molecule has 32 heavy (non-hydrogen) atoms. The maximum atomic E-state index is 12.9. The summed E-state index contributed by atoms with van der Waals surface area (Å²) in [5, 5.41) is 1.74. The van der Waals surface area contributed by atoms with Gasteiger partial charge in [0.1, 0.15) is 17.1 Å². The number of likely N-dealkylation sites (tertiary alicyclic amines) is 1. The lowest BCUT2D eigenvalue weighted by Gasteiger charge is -2.47. The number of hydrogen-bond donors (Lipinski definition) is 1. The second kappa shape index (κ2) is 7.85. The Labute approximate surface area is 184 Å². The highest BCUT2D eigenvalue weighted by Gasteiger charge is 2.37. The Morgan fingerprint density at radius 3 is 2.47 bits per heavy atom. The predicted octanol–water partition coefficient (Wildman–Crippen LogP) is 2.32. The van der Waals surface area contributed by atoms with Crippen LogP contribution in [-0.4, -0.2) is 86.8 Å². The zero-order chi connectivity index (χ0) is 22.5. The first-order valence-electron chi connectivity index (χ1n) is 10.1. The highest BCUT2D eigenvalue weighted by atomic mass is 32.1. The number of H-pyrrole nitrogens is 1. The van der Waals surface area contributed by atoms with Crippen molar-refractivity contribution in [1.82, 2.24) is 29.7 Å². The van der Waals surface area contributed by atoms with E-state index in [1.54, 1.807) is 20.7 Å². The number of nitrogens with zero attached hydrogens (tertiary/aromatic N) is 5. The minimum absolute atomic E-state index is 0.0579. The third kappa shape index (κ3) is 3.84. The summed E-state index contributed by atoms with van der Waals surface area (Å²) < 4.78 is 38.6. The zero-order valence-corrected chi connectivity index (χ0v) is 17.6. The fourth-order valence-corrected chi connectivity index (χ4v) is 4.60. The van der Waals surface area contributed by atoms with Gasteiger partial charge in [0, 0.05) is 50.7 Å². The van der Waals surface area contributed by atoms with E-state index in [2.05, 4.69) is 19.9 Å². The summed E-state index contributed by atoms with van der Waals surface area (Å²) in [7, 11) is 0. The average Bonchev–Trinajstić information content (AvgIpc) is 3.41. The van der Waals surface area contributed by atoms with E-state index >= 15 is 0 Å². The Hall–Kier alpha value is -2.99. The Morgan fingerprint density at radius 1 is 1.06 bits per heavy atom. The molecule has 12 heteroatoms. The molecule has 5 heterocycles. The maximum Gasteiger partial charge on any atom is 0.433 e. The number of carbonyl (C=O) groups excluding carboxylic acids is 2. The second-order valence-electron chi connectivity index (χ2n) is 7.88. The molecule has 3 aromatic rings. The average molecular weight is 464 g/mol. The molecule has 2 aliphatic rings. The smallest absolute Gasteiger partial charge is 0.349 e. The van der Waals surface area contributed by atoms with Crippen molar-refractivity contribution in [2.75, 3.05) is 39.3 Å². The van der Waals surface area contributed by atoms with E-state index in [9.17, 15) is 22.8 Å². The summed E-state index contributed by atoms with van der Waals surface area (Å²) in [4.78, 5) is 41.4. The Balaban J connectivity index is 1.17. The fraction of sp³-hybridized carbons (Fsp3) is 0.400. The number of nitrogens with one attached hydrogen (secondary N) is 1. The van der Waals surface area contributed by atoms with Gasteiger partial charge in [0.25, 0.3) is 11.8 Å². The molecule has 2 saturated heterocycles. The number of halogens is 3.